The highest BCUT2D eigenvalue weighted by molar-refractivity contribution is 6.31. The molecular formula is C24H28ClN5O2. The monoisotopic (exact) mass is 453 g/mol. The summed E-state index contributed by atoms with van der Waals surface area (Å²) in [5, 5.41) is 12.5. The first-order valence-corrected chi connectivity index (χ1v) is 11.4. The fraction of sp³-hybridized carbons (Fsp3) is 0.417. The number of pyridine rings is 1. The van der Waals surface area contributed by atoms with Crippen LogP contribution in [0.15, 0.2) is 30.6 Å². The van der Waals surface area contributed by atoms with Crippen LogP contribution < -0.4 is 10.6 Å². The third-order valence-corrected chi connectivity index (χ3v) is 6.55. The van der Waals surface area contributed by atoms with Gasteiger partial charge in [0.1, 0.15) is 5.78 Å². The highest BCUT2D eigenvalue weighted by Gasteiger charge is 2.24. The summed E-state index contributed by atoms with van der Waals surface area (Å²) in [7, 11) is 0. The molecule has 1 atom stereocenters. The molecule has 1 aliphatic carbocycles. The van der Waals surface area contributed by atoms with Gasteiger partial charge in [0, 0.05) is 36.6 Å². The number of carbonyl (C=O) groups excluding carboxylic acids is 2. The van der Waals surface area contributed by atoms with Crippen LogP contribution in [0, 0.1) is 6.92 Å². The Morgan fingerprint density at radius 1 is 1.28 bits per heavy atom. The molecule has 2 N–H and O–H groups in total. The average molecular weight is 454 g/mol. The molecular weight excluding hydrogens is 426 g/mol. The largest absolute Gasteiger partial charge is 0.381 e. The standard InChI is InChI=1S/C24H28ClN5O2/c1-4-30-23-19(13-27-30)22(29-17-7-9-18(31)10-8-17)20(12-26-23)24(32)28-15(3)16-6-5-14(2)21(25)11-16/h5-6,11-13,15,17H,4,7-10H2,1-3H3,(H,26,29)(H,28,32). The van der Waals surface area contributed by atoms with Crippen LogP contribution in [0.2, 0.25) is 5.02 Å². The van der Waals surface area contributed by atoms with Crippen LogP contribution in [0.1, 0.15) is 67.1 Å². The van der Waals surface area contributed by atoms with Gasteiger partial charge in [0.25, 0.3) is 5.91 Å². The third-order valence-electron chi connectivity index (χ3n) is 6.15. The molecule has 3 aromatic rings. The van der Waals surface area contributed by atoms with Gasteiger partial charge in [-0.2, -0.15) is 5.10 Å². The number of aromatic nitrogens is 3. The van der Waals surface area contributed by atoms with Crippen LogP contribution in [0.5, 0.6) is 0 Å². The summed E-state index contributed by atoms with van der Waals surface area (Å²) in [5.74, 6) is 0.0764. The number of hydrogen-bond donors (Lipinski definition) is 2. The normalized spacial score (nSPS) is 15.7. The molecule has 7 nitrogen and oxygen atoms in total. The van der Waals surface area contributed by atoms with E-state index in [0.717, 1.165) is 40.7 Å². The van der Waals surface area contributed by atoms with Crippen molar-refractivity contribution in [2.45, 2.75) is 65.1 Å². The zero-order chi connectivity index (χ0) is 22.8. The molecule has 4 rings (SSSR count). The number of ketones is 1. The van der Waals surface area contributed by atoms with Crippen molar-refractivity contribution in [2.75, 3.05) is 5.32 Å². The Kier molecular flexibility index (Phi) is 6.46. The predicted molar refractivity (Wildman–Crippen MR) is 126 cm³/mol. The van der Waals surface area contributed by atoms with E-state index in [1.807, 2.05) is 43.7 Å². The number of nitrogens with zero attached hydrogens (tertiary/aromatic N) is 3. The summed E-state index contributed by atoms with van der Waals surface area (Å²) in [4.78, 5) is 29.5. The van der Waals surface area contributed by atoms with Gasteiger partial charge in [0.2, 0.25) is 0 Å². The SMILES string of the molecule is CCn1ncc2c(NC3CCC(=O)CC3)c(C(=O)NC(C)c3ccc(C)c(Cl)c3)cnc21. The van der Waals surface area contributed by atoms with Crippen LogP contribution in [-0.4, -0.2) is 32.5 Å². The fourth-order valence-corrected chi connectivity index (χ4v) is 4.30. The van der Waals surface area contributed by atoms with E-state index in [4.69, 9.17) is 11.6 Å². The lowest BCUT2D eigenvalue weighted by Crippen LogP contribution is -2.30. The van der Waals surface area contributed by atoms with Gasteiger partial charge in [-0.25, -0.2) is 9.67 Å². The van der Waals surface area contributed by atoms with Crippen LogP contribution in [0.3, 0.4) is 0 Å². The van der Waals surface area contributed by atoms with E-state index in [0.29, 0.717) is 35.8 Å². The van der Waals surface area contributed by atoms with E-state index < -0.39 is 0 Å². The molecule has 1 unspecified atom stereocenters. The van der Waals surface area contributed by atoms with Crippen LogP contribution in [0.25, 0.3) is 11.0 Å². The maximum atomic E-state index is 13.3. The lowest BCUT2D eigenvalue weighted by Gasteiger charge is -2.25. The molecule has 1 fully saturated rings. The highest BCUT2D eigenvalue weighted by Crippen LogP contribution is 2.30. The molecule has 0 radical (unpaired) electrons. The zero-order valence-corrected chi connectivity index (χ0v) is 19.4. The molecule has 8 heteroatoms. The molecule has 32 heavy (non-hydrogen) atoms. The van der Waals surface area contributed by atoms with E-state index in [2.05, 4.69) is 20.7 Å². The summed E-state index contributed by atoms with van der Waals surface area (Å²) in [5.41, 5.74) is 3.85. The second kappa shape index (κ2) is 9.28. The quantitative estimate of drug-likeness (QED) is 0.558. The molecule has 1 amide bonds. The first kappa shape index (κ1) is 22.3. The lowest BCUT2D eigenvalue weighted by atomic mass is 9.94. The fourth-order valence-electron chi connectivity index (χ4n) is 4.11. The highest BCUT2D eigenvalue weighted by atomic mass is 35.5. The molecule has 2 aromatic heterocycles. The number of aryl methyl sites for hydroxylation is 2. The Hall–Kier alpha value is -2.93. The minimum atomic E-state index is -0.227. The van der Waals surface area contributed by atoms with Crippen molar-refractivity contribution in [3.8, 4) is 0 Å². The lowest BCUT2D eigenvalue weighted by molar-refractivity contribution is -0.120. The maximum Gasteiger partial charge on any atom is 0.255 e. The van der Waals surface area contributed by atoms with Crippen LogP contribution in [-0.2, 0) is 11.3 Å². The third kappa shape index (κ3) is 4.48. The number of fused-ring (bicyclic) bond motifs is 1. The molecule has 1 saturated carbocycles. The van der Waals surface area contributed by atoms with Crippen LogP contribution in [0.4, 0.5) is 5.69 Å². The zero-order valence-electron chi connectivity index (χ0n) is 18.6. The second-order valence-electron chi connectivity index (χ2n) is 8.41. The molecule has 0 spiro atoms. The molecule has 1 aliphatic rings. The smallest absolute Gasteiger partial charge is 0.255 e. The first-order valence-electron chi connectivity index (χ1n) is 11.1. The van der Waals surface area contributed by atoms with Crippen molar-refractivity contribution >= 4 is 40.0 Å². The van der Waals surface area contributed by atoms with Crippen molar-refractivity contribution in [2.24, 2.45) is 0 Å². The van der Waals surface area contributed by atoms with Gasteiger partial charge in [0.05, 0.1) is 28.9 Å². The van der Waals surface area contributed by atoms with E-state index in [-0.39, 0.29) is 18.0 Å². The Bertz CT molecular complexity index is 1160. The summed E-state index contributed by atoms with van der Waals surface area (Å²) >= 11 is 6.27. The number of rotatable bonds is 6. The molecule has 0 saturated heterocycles. The predicted octanol–water partition coefficient (Wildman–Crippen LogP) is 4.83. The van der Waals surface area contributed by atoms with E-state index in [1.54, 1.807) is 12.4 Å². The number of hydrogen-bond acceptors (Lipinski definition) is 5. The van der Waals surface area contributed by atoms with Crippen molar-refractivity contribution in [3.63, 3.8) is 0 Å². The number of halogens is 1. The van der Waals surface area contributed by atoms with Crippen molar-refractivity contribution < 1.29 is 9.59 Å². The van der Waals surface area contributed by atoms with E-state index >= 15 is 0 Å². The van der Waals surface area contributed by atoms with Crippen LogP contribution >= 0.6 is 11.6 Å². The summed E-state index contributed by atoms with van der Waals surface area (Å²) in [6.07, 6.45) is 5.99. The van der Waals surface area contributed by atoms with Gasteiger partial charge in [-0.15, -0.1) is 0 Å². The van der Waals surface area contributed by atoms with Gasteiger partial charge >= 0.3 is 0 Å². The van der Waals surface area contributed by atoms with Crippen molar-refractivity contribution in [1.82, 2.24) is 20.1 Å². The number of benzene rings is 1. The average Bonchev–Trinajstić information content (AvgIpc) is 3.21. The number of Topliss-reactive ketones (excluding diaryl/α,β-unsaturated/α-hetero) is 1. The number of nitrogens with one attached hydrogen (secondary N) is 2. The summed E-state index contributed by atoms with van der Waals surface area (Å²) in [6, 6.07) is 5.70. The second-order valence-corrected chi connectivity index (χ2v) is 8.81. The number of anilines is 1. The number of amides is 1. The first-order chi connectivity index (χ1) is 15.4. The Morgan fingerprint density at radius 3 is 2.72 bits per heavy atom. The minimum absolute atomic E-state index is 0.128. The molecule has 0 bridgehead atoms. The molecule has 0 aliphatic heterocycles. The minimum Gasteiger partial charge on any atom is -0.381 e. The number of carbonyl (C=O) groups is 2. The van der Waals surface area contributed by atoms with Crippen molar-refractivity contribution in [1.29, 1.82) is 0 Å². The van der Waals surface area contributed by atoms with E-state index in [1.165, 1.54) is 0 Å². The Labute approximate surface area is 192 Å². The molecule has 1 aromatic carbocycles. The summed E-state index contributed by atoms with van der Waals surface area (Å²) in [6.45, 7) is 6.57. The van der Waals surface area contributed by atoms with Gasteiger partial charge in [-0.3, -0.25) is 9.59 Å². The van der Waals surface area contributed by atoms with E-state index in [9.17, 15) is 9.59 Å². The van der Waals surface area contributed by atoms with Crippen molar-refractivity contribution in [3.05, 3.63) is 52.3 Å². The van der Waals surface area contributed by atoms with Gasteiger partial charge in [-0.1, -0.05) is 23.7 Å². The molecule has 2 heterocycles. The molecule has 168 valence electrons. The summed E-state index contributed by atoms with van der Waals surface area (Å²) < 4.78 is 1.81. The van der Waals surface area contributed by atoms with Gasteiger partial charge in [0.15, 0.2) is 5.65 Å². The topological polar surface area (TPSA) is 88.9 Å². The van der Waals surface area contributed by atoms with Gasteiger partial charge in [-0.05, 0) is 50.8 Å². The van der Waals surface area contributed by atoms with Gasteiger partial charge < -0.3 is 10.6 Å². The maximum absolute atomic E-state index is 13.3. The Balaban J connectivity index is 1.64. The Morgan fingerprint density at radius 2 is 2.03 bits per heavy atom.